The lowest BCUT2D eigenvalue weighted by Gasteiger charge is -2.19. The van der Waals surface area contributed by atoms with Crippen LogP contribution < -0.4 is 4.18 Å². The SMILES string of the molecule is CS(=O)(=O)Oc1noc(CS(=O)(=O)CC(=O)OC(c2ccccc2)c2ccccc2)c1Cl. The first kappa shape index (κ1) is 23.8. The average Bonchev–Trinajstić information content (AvgIpc) is 3.04. The van der Waals surface area contributed by atoms with Crippen molar-refractivity contribution in [2.45, 2.75) is 11.9 Å². The molecule has 0 N–H and O–H groups in total. The lowest BCUT2D eigenvalue weighted by atomic mass is 10.0. The molecule has 0 saturated carbocycles. The molecule has 12 heteroatoms. The summed E-state index contributed by atoms with van der Waals surface area (Å²) in [6.45, 7) is 0. The minimum absolute atomic E-state index is 0.360. The first-order valence-corrected chi connectivity index (χ1v) is 13.1. The van der Waals surface area contributed by atoms with E-state index < -0.39 is 54.4 Å². The highest BCUT2D eigenvalue weighted by molar-refractivity contribution is 7.91. The molecule has 170 valence electrons. The van der Waals surface area contributed by atoms with Crippen LogP contribution in [0.5, 0.6) is 5.88 Å². The van der Waals surface area contributed by atoms with Crippen molar-refractivity contribution < 1.29 is 35.1 Å². The van der Waals surface area contributed by atoms with Gasteiger partial charge in [0.25, 0.3) is 5.88 Å². The van der Waals surface area contributed by atoms with Crippen LogP contribution in [0.15, 0.2) is 65.2 Å². The number of sulfone groups is 1. The molecule has 0 saturated heterocycles. The summed E-state index contributed by atoms with van der Waals surface area (Å²) in [5.41, 5.74) is 1.34. The van der Waals surface area contributed by atoms with Crippen LogP contribution in [0.25, 0.3) is 0 Å². The number of aromatic nitrogens is 1. The zero-order valence-electron chi connectivity index (χ0n) is 16.7. The quantitative estimate of drug-likeness (QED) is 0.322. The largest absolute Gasteiger partial charge is 0.452 e. The van der Waals surface area contributed by atoms with Crippen LogP contribution in [0.1, 0.15) is 23.0 Å². The molecule has 0 amide bonds. The van der Waals surface area contributed by atoms with Crippen LogP contribution in [0, 0.1) is 0 Å². The summed E-state index contributed by atoms with van der Waals surface area (Å²) in [5.74, 6) is -3.69. The fourth-order valence-electron chi connectivity index (χ4n) is 2.76. The molecule has 9 nitrogen and oxygen atoms in total. The predicted octanol–water partition coefficient (Wildman–Crippen LogP) is 2.91. The van der Waals surface area contributed by atoms with E-state index >= 15 is 0 Å². The van der Waals surface area contributed by atoms with Gasteiger partial charge in [-0.05, 0) is 16.3 Å². The lowest BCUT2D eigenvalue weighted by Crippen LogP contribution is -2.22. The molecule has 0 bridgehead atoms. The van der Waals surface area contributed by atoms with Crippen molar-refractivity contribution in [3.05, 3.63) is 82.6 Å². The van der Waals surface area contributed by atoms with Gasteiger partial charge in [0.15, 0.2) is 21.7 Å². The monoisotopic (exact) mass is 499 g/mol. The molecular weight excluding hydrogens is 482 g/mol. The summed E-state index contributed by atoms with van der Waals surface area (Å²) in [5, 5.41) is 2.89. The van der Waals surface area contributed by atoms with Gasteiger partial charge in [-0.25, -0.2) is 8.42 Å². The Bertz CT molecular complexity index is 1250. The van der Waals surface area contributed by atoms with E-state index in [0.717, 1.165) is 6.26 Å². The van der Waals surface area contributed by atoms with Crippen LogP contribution in [-0.4, -0.2) is 40.0 Å². The molecule has 0 aliphatic heterocycles. The molecule has 3 rings (SSSR count). The van der Waals surface area contributed by atoms with E-state index in [9.17, 15) is 21.6 Å². The van der Waals surface area contributed by atoms with Crippen LogP contribution in [0.2, 0.25) is 5.02 Å². The maximum atomic E-state index is 12.5. The molecule has 0 unspecified atom stereocenters. The Kier molecular flexibility index (Phi) is 7.22. The number of rotatable bonds is 9. The second kappa shape index (κ2) is 9.72. The van der Waals surface area contributed by atoms with Gasteiger partial charge in [0.1, 0.15) is 16.5 Å². The highest BCUT2D eigenvalue weighted by Gasteiger charge is 2.28. The third kappa shape index (κ3) is 6.55. The van der Waals surface area contributed by atoms with Gasteiger partial charge in [0, 0.05) is 0 Å². The fraction of sp³-hybridized carbons (Fsp3) is 0.200. The molecule has 0 radical (unpaired) electrons. The number of esters is 1. The number of carbonyl (C=O) groups excluding carboxylic acids is 1. The van der Waals surface area contributed by atoms with Gasteiger partial charge >= 0.3 is 16.1 Å². The number of carbonyl (C=O) groups is 1. The normalized spacial score (nSPS) is 12.0. The Labute approximate surface area is 189 Å². The predicted molar refractivity (Wildman–Crippen MR) is 115 cm³/mol. The zero-order valence-corrected chi connectivity index (χ0v) is 19.1. The van der Waals surface area contributed by atoms with Gasteiger partial charge in [-0.3, -0.25) is 4.79 Å². The van der Waals surface area contributed by atoms with E-state index in [2.05, 4.69) is 9.34 Å². The number of benzene rings is 2. The van der Waals surface area contributed by atoms with Crippen LogP contribution >= 0.6 is 11.6 Å². The zero-order chi connectivity index (χ0) is 23.4. The molecule has 32 heavy (non-hydrogen) atoms. The van der Waals surface area contributed by atoms with Gasteiger partial charge in [0.2, 0.25) is 0 Å². The second-order valence-corrected chi connectivity index (χ2v) is 10.8. The molecule has 0 atom stereocenters. The van der Waals surface area contributed by atoms with E-state index in [1.807, 2.05) is 0 Å². The number of halogens is 1. The van der Waals surface area contributed by atoms with E-state index in [0.29, 0.717) is 11.1 Å². The van der Waals surface area contributed by atoms with Gasteiger partial charge < -0.3 is 13.4 Å². The summed E-state index contributed by atoms with van der Waals surface area (Å²) >= 11 is 5.89. The van der Waals surface area contributed by atoms with Crippen LogP contribution in [0.3, 0.4) is 0 Å². The highest BCUT2D eigenvalue weighted by Crippen LogP contribution is 2.30. The molecule has 0 spiro atoms. The summed E-state index contributed by atoms with van der Waals surface area (Å²) in [6.07, 6.45) is -0.0379. The standard InChI is InChI=1S/C20H18ClNO8S2/c1-31(24,25)30-20-18(21)16(29-22-20)12-32(26,27)13-17(23)28-19(14-8-4-2-5-9-14)15-10-6-3-7-11-15/h2-11,19H,12-13H2,1H3. The van der Waals surface area contributed by atoms with Crippen molar-refractivity contribution >= 4 is 37.5 Å². The van der Waals surface area contributed by atoms with Gasteiger partial charge in [0.05, 0.1) is 6.26 Å². The molecule has 1 aromatic heterocycles. The second-order valence-electron chi connectivity index (χ2n) is 6.74. The third-order valence-electron chi connectivity index (χ3n) is 4.04. The molecule has 0 aliphatic carbocycles. The Morgan fingerprint density at radius 3 is 2.03 bits per heavy atom. The van der Waals surface area contributed by atoms with Crippen molar-refractivity contribution in [3.63, 3.8) is 0 Å². The average molecular weight is 500 g/mol. The maximum absolute atomic E-state index is 12.5. The summed E-state index contributed by atoms with van der Waals surface area (Å²) in [7, 11) is -8.04. The van der Waals surface area contributed by atoms with Crippen molar-refractivity contribution in [1.82, 2.24) is 5.16 Å². The Hall–Kier alpha value is -2.89. The van der Waals surface area contributed by atoms with Crippen molar-refractivity contribution in [3.8, 4) is 5.88 Å². The Morgan fingerprint density at radius 2 is 1.53 bits per heavy atom. The Morgan fingerprint density at radius 1 is 1.00 bits per heavy atom. The number of ether oxygens (including phenoxy) is 1. The van der Waals surface area contributed by atoms with E-state index in [1.54, 1.807) is 60.7 Å². The maximum Gasteiger partial charge on any atom is 0.322 e. The van der Waals surface area contributed by atoms with Crippen LogP contribution in [0.4, 0.5) is 0 Å². The van der Waals surface area contributed by atoms with E-state index in [-0.39, 0.29) is 5.76 Å². The fourth-order valence-corrected chi connectivity index (χ4v) is 4.59. The molecule has 3 aromatic rings. The summed E-state index contributed by atoms with van der Waals surface area (Å²) < 4.78 is 62.2. The number of hydrogen-bond donors (Lipinski definition) is 0. The van der Waals surface area contributed by atoms with Crippen molar-refractivity contribution in [2.24, 2.45) is 0 Å². The lowest BCUT2D eigenvalue weighted by molar-refractivity contribution is -0.144. The first-order valence-electron chi connectivity index (χ1n) is 9.07. The summed E-state index contributed by atoms with van der Waals surface area (Å²) in [6, 6.07) is 17.8. The minimum atomic E-state index is -4.09. The molecular formula is C20H18ClNO8S2. The number of hydrogen-bond acceptors (Lipinski definition) is 9. The highest BCUT2D eigenvalue weighted by atomic mass is 35.5. The van der Waals surface area contributed by atoms with Gasteiger partial charge in [-0.15, -0.1) is 0 Å². The minimum Gasteiger partial charge on any atom is -0.452 e. The molecule has 0 fully saturated rings. The first-order chi connectivity index (χ1) is 15.0. The molecule has 2 aromatic carbocycles. The topological polar surface area (TPSA) is 130 Å². The van der Waals surface area contributed by atoms with Crippen LogP contribution in [-0.2, 0) is 35.2 Å². The van der Waals surface area contributed by atoms with Crippen molar-refractivity contribution in [2.75, 3.05) is 12.0 Å². The molecule has 0 aliphatic rings. The van der Waals surface area contributed by atoms with E-state index in [4.69, 9.17) is 20.9 Å². The third-order valence-corrected chi connectivity index (χ3v) is 6.25. The molecule has 1 heterocycles. The van der Waals surface area contributed by atoms with Crippen molar-refractivity contribution in [1.29, 1.82) is 0 Å². The van der Waals surface area contributed by atoms with Gasteiger partial charge in [-0.2, -0.15) is 8.42 Å². The number of nitrogens with zero attached hydrogens (tertiary/aromatic N) is 1. The van der Waals surface area contributed by atoms with E-state index in [1.165, 1.54) is 0 Å². The Balaban J connectivity index is 1.74. The summed E-state index contributed by atoms with van der Waals surface area (Å²) in [4.78, 5) is 12.5. The smallest absolute Gasteiger partial charge is 0.322 e. The van der Waals surface area contributed by atoms with Gasteiger partial charge in [-0.1, -0.05) is 72.3 Å².